The lowest BCUT2D eigenvalue weighted by Crippen LogP contribution is -2.10. The van der Waals surface area contributed by atoms with Gasteiger partial charge in [-0.2, -0.15) is 8.78 Å². The van der Waals surface area contributed by atoms with Gasteiger partial charge in [-0.1, -0.05) is 17.7 Å². The van der Waals surface area contributed by atoms with E-state index in [9.17, 15) is 13.9 Å². The predicted molar refractivity (Wildman–Crippen MR) is 77.2 cm³/mol. The second-order valence-electron chi connectivity index (χ2n) is 5.71. The fourth-order valence-corrected chi connectivity index (χ4v) is 3.17. The highest BCUT2D eigenvalue weighted by Gasteiger charge is 2.37. The smallest absolute Gasteiger partial charge is 0.387 e. The van der Waals surface area contributed by atoms with Crippen molar-refractivity contribution < 1.29 is 18.6 Å². The minimum Gasteiger partial charge on any atom is -0.435 e. The van der Waals surface area contributed by atoms with Crippen LogP contribution >= 0.6 is 0 Å². The molecule has 0 saturated carbocycles. The van der Waals surface area contributed by atoms with Crippen LogP contribution in [0.3, 0.4) is 0 Å². The third-order valence-corrected chi connectivity index (χ3v) is 4.25. The number of ether oxygens (including phenoxy) is 1. The molecule has 3 rings (SSSR count). The molecule has 0 aliphatic heterocycles. The summed E-state index contributed by atoms with van der Waals surface area (Å²) in [5.41, 5.74) is 3.13. The summed E-state index contributed by atoms with van der Waals surface area (Å²) >= 11 is 0. The van der Waals surface area contributed by atoms with Gasteiger partial charge in [0.1, 0.15) is 11.6 Å². The summed E-state index contributed by atoms with van der Waals surface area (Å²) in [6, 6.07) is 5.14. The predicted octanol–water partition coefficient (Wildman–Crippen LogP) is 3.21. The monoisotopic (exact) mass is 308 g/mol. The summed E-state index contributed by atoms with van der Waals surface area (Å²) in [6.07, 6.45) is -0.255. The first-order chi connectivity index (χ1) is 10.4. The van der Waals surface area contributed by atoms with Crippen LogP contribution in [0.25, 0.3) is 0 Å². The molecule has 2 atom stereocenters. The zero-order valence-electron chi connectivity index (χ0n) is 12.7. The number of rotatable bonds is 3. The maximum Gasteiger partial charge on any atom is 0.387 e. The number of alkyl halides is 2. The fraction of sp³-hybridized carbons (Fsp3) is 0.438. The second-order valence-corrected chi connectivity index (χ2v) is 5.71. The number of halogens is 2. The Kier molecular flexibility index (Phi) is 3.64. The zero-order chi connectivity index (χ0) is 16.0. The Labute approximate surface area is 127 Å². The minimum atomic E-state index is -2.87. The first-order valence-electron chi connectivity index (χ1n) is 7.15. The number of nitrogens with zero attached hydrogens (tertiary/aromatic N) is 2. The van der Waals surface area contributed by atoms with Crippen LogP contribution < -0.4 is 4.74 Å². The number of aliphatic hydroxyl groups is 1. The highest BCUT2D eigenvalue weighted by molar-refractivity contribution is 5.47. The topological polar surface area (TPSA) is 47.3 Å². The van der Waals surface area contributed by atoms with Gasteiger partial charge in [0, 0.05) is 18.5 Å². The summed E-state index contributed by atoms with van der Waals surface area (Å²) in [4.78, 5) is 4.38. The van der Waals surface area contributed by atoms with Gasteiger partial charge in [0.2, 0.25) is 0 Å². The number of imidazole rings is 1. The van der Waals surface area contributed by atoms with Crippen molar-refractivity contribution >= 4 is 0 Å². The Hall–Kier alpha value is -1.95. The van der Waals surface area contributed by atoms with Crippen molar-refractivity contribution in [3.63, 3.8) is 0 Å². The molecule has 0 spiro atoms. The number of hydrogen-bond acceptors (Lipinski definition) is 3. The molecule has 0 saturated heterocycles. The molecule has 1 aromatic carbocycles. The first-order valence-corrected chi connectivity index (χ1v) is 7.15. The fourth-order valence-electron chi connectivity index (χ4n) is 3.17. The molecule has 1 heterocycles. The van der Waals surface area contributed by atoms with E-state index in [2.05, 4.69) is 9.72 Å². The lowest BCUT2D eigenvalue weighted by molar-refractivity contribution is -0.0506. The normalized spacial score (nSPS) is 20.5. The molecule has 2 aromatic rings. The molecule has 0 amide bonds. The van der Waals surface area contributed by atoms with Gasteiger partial charge < -0.3 is 14.4 Å². The zero-order valence-corrected chi connectivity index (χ0v) is 12.7. The molecule has 0 radical (unpaired) electrons. The van der Waals surface area contributed by atoms with Gasteiger partial charge in [-0.05, 0) is 26.3 Å². The molecule has 1 aliphatic carbocycles. The SMILES string of the molecule is Cc1ccc(OC(F)F)c(C2CC(O)c3nc(C)n(C)c32)c1. The third-order valence-electron chi connectivity index (χ3n) is 4.25. The Morgan fingerprint density at radius 1 is 1.36 bits per heavy atom. The van der Waals surface area contributed by atoms with Gasteiger partial charge in [0.15, 0.2) is 0 Å². The van der Waals surface area contributed by atoms with E-state index in [4.69, 9.17) is 0 Å². The van der Waals surface area contributed by atoms with Crippen LogP contribution in [0.5, 0.6) is 5.75 Å². The lowest BCUT2D eigenvalue weighted by atomic mass is 9.94. The average Bonchev–Trinajstić information content (AvgIpc) is 2.91. The number of hydrogen-bond donors (Lipinski definition) is 1. The molecule has 1 aromatic heterocycles. The number of aliphatic hydroxyl groups excluding tert-OH is 1. The van der Waals surface area contributed by atoms with Crippen molar-refractivity contribution in [1.29, 1.82) is 0 Å². The average molecular weight is 308 g/mol. The number of benzene rings is 1. The molecular formula is C16H18F2N2O2. The van der Waals surface area contributed by atoms with Crippen LogP contribution in [0, 0.1) is 13.8 Å². The van der Waals surface area contributed by atoms with Crippen LogP contribution in [0.2, 0.25) is 0 Å². The summed E-state index contributed by atoms with van der Waals surface area (Å²) in [6.45, 7) is 0.881. The largest absolute Gasteiger partial charge is 0.435 e. The van der Waals surface area contributed by atoms with Crippen LogP contribution in [0.1, 0.15) is 46.8 Å². The number of fused-ring (bicyclic) bond motifs is 1. The second kappa shape index (κ2) is 5.35. The molecule has 1 N–H and O–H groups in total. The Bertz CT molecular complexity index is 712. The van der Waals surface area contributed by atoms with E-state index >= 15 is 0 Å². The van der Waals surface area contributed by atoms with E-state index in [-0.39, 0.29) is 11.7 Å². The van der Waals surface area contributed by atoms with Crippen LogP contribution in [0.15, 0.2) is 18.2 Å². The summed E-state index contributed by atoms with van der Waals surface area (Å²) in [7, 11) is 1.87. The highest BCUT2D eigenvalue weighted by atomic mass is 19.3. The third kappa shape index (κ3) is 2.37. The van der Waals surface area contributed by atoms with E-state index < -0.39 is 12.7 Å². The van der Waals surface area contributed by atoms with E-state index in [1.165, 1.54) is 0 Å². The van der Waals surface area contributed by atoms with Crippen molar-refractivity contribution in [1.82, 2.24) is 9.55 Å². The summed E-state index contributed by atoms with van der Waals surface area (Å²) in [5.74, 6) is 0.743. The molecule has 118 valence electrons. The van der Waals surface area contributed by atoms with Crippen molar-refractivity contribution in [3.8, 4) is 5.75 Å². The van der Waals surface area contributed by atoms with Gasteiger partial charge in [-0.3, -0.25) is 0 Å². The maximum atomic E-state index is 12.7. The van der Waals surface area contributed by atoms with Crippen LogP contribution in [0.4, 0.5) is 8.78 Å². The van der Waals surface area contributed by atoms with Gasteiger partial charge in [0.25, 0.3) is 0 Å². The molecule has 0 fully saturated rings. The Morgan fingerprint density at radius 3 is 2.77 bits per heavy atom. The van der Waals surface area contributed by atoms with Crippen LogP contribution in [-0.4, -0.2) is 21.3 Å². The quantitative estimate of drug-likeness (QED) is 0.947. The van der Waals surface area contributed by atoms with E-state index in [0.29, 0.717) is 17.7 Å². The number of aromatic nitrogens is 2. The minimum absolute atomic E-state index is 0.157. The van der Waals surface area contributed by atoms with Crippen molar-refractivity contribution in [3.05, 3.63) is 46.5 Å². The van der Waals surface area contributed by atoms with Crippen molar-refractivity contribution in [2.24, 2.45) is 7.05 Å². The molecule has 0 bridgehead atoms. The summed E-state index contributed by atoms with van der Waals surface area (Å²) in [5, 5.41) is 10.2. The Morgan fingerprint density at radius 2 is 2.09 bits per heavy atom. The Balaban J connectivity index is 2.11. The molecule has 22 heavy (non-hydrogen) atoms. The molecule has 4 nitrogen and oxygen atoms in total. The number of aryl methyl sites for hydroxylation is 2. The summed E-state index contributed by atoms with van der Waals surface area (Å²) < 4.78 is 31.9. The van der Waals surface area contributed by atoms with E-state index in [0.717, 1.165) is 17.1 Å². The highest BCUT2D eigenvalue weighted by Crippen LogP contribution is 2.46. The standard InChI is InChI=1S/C16H18F2N2O2/c1-8-4-5-13(22-16(17)18)10(6-8)11-7-12(21)14-15(11)20(3)9(2)19-14/h4-6,11-12,16,21H,7H2,1-3H3. The van der Waals surface area contributed by atoms with Gasteiger partial charge in [-0.15, -0.1) is 0 Å². The first kappa shape index (κ1) is 15.0. The lowest BCUT2D eigenvalue weighted by Gasteiger charge is -2.18. The molecule has 2 unspecified atom stereocenters. The molecule has 6 heteroatoms. The van der Waals surface area contributed by atoms with Crippen LogP contribution in [-0.2, 0) is 7.05 Å². The van der Waals surface area contributed by atoms with E-state index in [1.54, 1.807) is 12.1 Å². The molecule has 1 aliphatic rings. The van der Waals surface area contributed by atoms with Gasteiger partial charge in [-0.25, -0.2) is 4.98 Å². The van der Waals surface area contributed by atoms with E-state index in [1.807, 2.05) is 31.5 Å². The molecular weight excluding hydrogens is 290 g/mol. The van der Waals surface area contributed by atoms with Gasteiger partial charge >= 0.3 is 6.61 Å². The van der Waals surface area contributed by atoms with Crippen molar-refractivity contribution in [2.45, 2.75) is 38.9 Å². The van der Waals surface area contributed by atoms with Crippen molar-refractivity contribution in [2.75, 3.05) is 0 Å². The maximum absolute atomic E-state index is 12.7. The van der Waals surface area contributed by atoms with Gasteiger partial charge in [0.05, 0.1) is 17.5 Å².